The molecule has 1 nitrogen and oxygen atoms in total. The van der Waals surface area contributed by atoms with Gasteiger partial charge in [0.25, 0.3) is 0 Å². The number of ketones is 1. The van der Waals surface area contributed by atoms with Crippen molar-refractivity contribution in [3.8, 4) is 11.8 Å². The number of carbonyl (C=O) groups excluding carboxylic acids is 1. The van der Waals surface area contributed by atoms with Crippen LogP contribution in [0.25, 0.3) is 0 Å². The molecule has 0 aliphatic heterocycles. The first kappa shape index (κ1) is 44.4. The smallest absolute Gasteiger partial charge is 0.173 e. The zero-order chi connectivity index (χ0) is 31.3. The van der Waals surface area contributed by atoms with E-state index in [1.165, 1.54) is 75.5 Å². The minimum absolute atomic E-state index is 0.00544. The summed E-state index contributed by atoms with van der Waals surface area (Å²) in [7, 11) is 0. The lowest BCUT2D eigenvalue weighted by Crippen LogP contribution is -1.99. The molecule has 1 aromatic rings. The van der Waals surface area contributed by atoms with E-state index < -0.39 is 0 Å². The van der Waals surface area contributed by atoms with Crippen molar-refractivity contribution >= 4 is 17.1 Å². The molecule has 0 saturated heterocycles. The largest absolute Gasteiger partial charge is 0.293 e. The second kappa shape index (κ2) is 30.9. The number of thiophene rings is 1. The lowest BCUT2D eigenvalue weighted by molar-refractivity contribution is 0.0985. The minimum atomic E-state index is 0.00544. The van der Waals surface area contributed by atoms with Gasteiger partial charge in [-0.15, -0.1) is 37.7 Å². The van der Waals surface area contributed by atoms with Crippen LogP contribution < -0.4 is 0 Å². The Kier molecular flexibility index (Phi) is 35.3. The normalized spacial score (nSPS) is 14.3. The highest BCUT2D eigenvalue weighted by Crippen LogP contribution is 2.24. The maximum Gasteiger partial charge on any atom is 0.173 e. The minimum Gasteiger partial charge on any atom is -0.293 e. The monoisotopic (exact) mass is 560 g/mol. The summed E-state index contributed by atoms with van der Waals surface area (Å²) < 4.78 is 0. The number of carbonyl (C=O) groups is 1. The molecule has 0 spiro atoms. The average molecular weight is 561 g/mol. The van der Waals surface area contributed by atoms with E-state index in [9.17, 15) is 4.79 Å². The van der Waals surface area contributed by atoms with Gasteiger partial charge in [-0.1, -0.05) is 125 Å². The second-order valence-corrected chi connectivity index (χ2v) is 11.8. The van der Waals surface area contributed by atoms with Gasteiger partial charge in [0.15, 0.2) is 5.78 Å². The van der Waals surface area contributed by atoms with E-state index in [-0.39, 0.29) is 11.2 Å². The Hall–Kier alpha value is -1.59. The van der Waals surface area contributed by atoms with E-state index in [0.29, 0.717) is 6.42 Å². The number of rotatable bonds is 3. The molecule has 0 unspecified atom stereocenters. The zero-order valence-electron chi connectivity index (χ0n) is 28.4. The average Bonchev–Trinajstić information content (AvgIpc) is 3.34. The fourth-order valence-electron chi connectivity index (χ4n) is 4.02. The van der Waals surface area contributed by atoms with Crippen LogP contribution in [0, 0.1) is 36.0 Å². The summed E-state index contributed by atoms with van der Waals surface area (Å²) in [5, 5.41) is 0. The molecule has 0 amide bonds. The summed E-state index contributed by atoms with van der Waals surface area (Å²) in [6, 6.07) is 2.02. The Morgan fingerprint density at radius 3 is 1.51 bits per heavy atom. The fraction of sp³-hybridized carbons (Fsp3) is 0.703. The van der Waals surface area contributed by atoms with Gasteiger partial charge in [0, 0.05) is 11.8 Å². The van der Waals surface area contributed by atoms with Crippen LogP contribution in [-0.2, 0) is 0 Å². The molecule has 2 heteroatoms. The van der Waals surface area contributed by atoms with E-state index >= 15 is 0 Å². The van der Waals surface area contributed by atoms with Crippen molar-refractivity contribution < 1.29 is 4.79 Å². The molecule has 0 bridgehead atoms. The molecule has 3 rings (SSSR count). The molecule has 228 valence electrons. The SMILES string of the molecule is C=C.C=C.CC.CC.CC1CCCCC1.CC1CCCCC1.CCCC(=O)c1sc(C#CC(C)(C)C)cc1C. The van der Waals surface area contributed by atoms with Gasteiger partial charge in [-0.3, -0.25) is 4.79 Å². The first-order chi connectivity index (χ1) is 18.6. The summed E-state index contributed by atoms with van der Waals surface area (Å²) in [6.45, 7) is 35.0. The van der Waals surface area contributed by atoms with Crippen molar-refractivity contribution in [2.75, 3.05) is 0 Å². The third-order valence-electron chi connectivity index (χ3n) is 6.00. The topological polar surface area (TPSA) is 17.1 Å². The fourth-order valence-corrected chi connectivity index (χ4v) is 5.02. The van der Waals surface area contributed by atoms with E-state index in [1.807, 2.05) is 47.6 Å². The quantitative estimate of drug-likeness (QED) is 0.204. The molecule has 2 fully saturated rings. The van der Waals surface area contributed by atoms with Crippen molar-refractivity contribution in [2.45, 2.75) is 153 Å². The number of Topliss-reactive ketones (excluding diaryl/α,β-unsaturated/α-hetero) is 1. The standard InChI is InChI=1S/C15H20OS.2C7H14.2C2H6.2C2H4/c1-6-7-13(16)14-11(2)10-12(17-14)8-9-15(3,4)5;2*1-7-5-3-2-4-6-7;4*1-2/h10H,6-7H2,1-5H3;2*7H,2-6H2,1H3;2*1-2H3;2*1-2H2. The van der Waals surface area contributed by atoms with Gasteiger partial charge in [0.1, 0.15) is 0 Å². The number of aryl methyl sites for hydroxylation is 1. The summed E-state index contributed by atoms with van der Waals surface area (Å²) in [5.41, 5.74) is 1.07. The van der Waals surface area contributed by atoms with Crippen molar-refractivity contribution in [2.24, 2.45) is 17.3 Å². The number of hydrogen-bond acceptors (Lipinski definition) is 2. The van der Waals surface area contributed by atoms with Crippen LogP contribution >= 0.6 is 11.3 Å². The molecule has 2 aliphatic rings. The summed E-state index contributed by atoms with van der Waals surface area (Å²) in [6.07, 6.45) is 16.4. The van der Waals surface area contributed by atoms with Crippen LogP contribution in [0.5, 0.6) is 0 Å². The van der Waals surface area contributed by atoms with Crippen LogP contribution in [0.3, 0.4) is 0 Å². The molecule has 0 aromatic carbocycles. The highest BCUT2D eigenvalue weighted by atomic mass is 32.1. The highest BCUT2D eigenvalue weighted by molar-refractivity contribution is 7.14. The first-order valence-corrected chi connectivity index (χ1v) is 16.6. The maximum atomic E-state index is 11.8. The van der Waals surface area contributed by atoms with Crippen molar-refractivity contribution in [3.63, 3.8) is 0 Å². The van der Waals surface area contributed by atoms with Crippen molar-refractivity contribution in [3.05, 3.63) is 47.7 Å². The molecule has 0 radical (unpaired) electrons. The Bertz CT molecular complexity index is 695. The molecule has 2 saturated carbocycles. The lowest BCUT2D eigenvalue weighted by atomic mass is 9.91. The summed E-state index contributed by atoms with van der Waals surface area (Å²) in [4.78, 5) is 13.7. The van der Waals surface area contributed by atoms with Crippen LogP contribution in [0.2, 0.25) is 0 Å². The predicted molar refractivity (Wildman–Crippen MR) is 184 cm³/mol. The Morgan fingerprint density at radius 2 is 1.23 bits per heavy atom. The van der Waals surface area contributed by atoms with E-state index in [1.54, 1.807) is 0 Å². The van der Waals surface area contributed by atoms with Gasteiger partial charge >= 0.3 is 0 Å². The Labute approximate surface area is 251 Å². The molecular weight excluding hydrogens is 492 g/mol. The molecule has 2 aliphatic carbocycles. The first-order valence-electron chi connectivity index (χ1n) is 15.8. The summed E-state index contributed by atoms with van der Waals surface area (Å²) in [5.74, 6) is 8.68. The second-order valence-electron chi connectivity index (χ2n) is 10.8. The number of hydrogen-bond donors (Lipinski definition) is 0. The lowest BCUT2D eigenvalue weighted by Gasteiger charge is -2.15. The van der Waals surface area contributed by atoms with Gasteiger partial charge in [0.05, 0.1) is 9.75 Å². The van der Waals surface area contributed by atoms with Crippen molar-refractivity contribution in [1.82, 2.24) is 0 Å². The maximum absolute atomic E-state index is 11.8. The van der Waals surface area contributed by atoms with Crippen LogP contribution in [0.1, 0.15) is 166 Å². The molecule has 1 heterocycles. The predicted octanol–water partition coefficient (Wildman–Crippen LogP) is 13.3. The third kappa shape index (κ3) is 27.8. The molecule has 0 atom stereocenters. The third-order valence-corrected chi connectivity index (χ3v) is 7.19. The van der Waals surface area contributed by atoms with E-state index in [0.717, 1.165) is 33.6 Å². The van der Waals surface area contributed by atoms with Crippen LogP contribution in [0.4, 0.5) is 0 Å². The highest BCUT2D eigenvalue weighted by Gasteiger charge is 2.12. The van der Waals surface area contributed by atoms with E-state index in [2.05, 4.69) is 72.8 Å². The van der Waals surface area contributed by atoms with Crippen LogP contribution in [0.15, 0.2) is 32.4 Å². The zero-order valence-corrected chi connectivity index (χ0v) is 29.2. The van der Waals surface area contributed by atoms with Gasteiger partial charge < -0.3 is 0 Å². The molecular formula is C37H68OS. The summed E-state index contributed by atoms with van der Waals surface area (Å²) >= 11 is 1.53. The van der Waals surface area contributed by atoms with Gasteiger partial charge in [0.2, 0.25) is 0 Å². The molecule has 0 N–H and O–H groups in total. The van der Waals surface area contributed by atoms with Gasteiger partial charge in [-0.05, 0) is 57.6 Å². The Morgan fingerprint density at radius 1 is 0.846 bits per heavy atom. The molecule has 39 heavy (non-hydrogen) atoms. The van der Waals surface area contributed by atoms with Crippen molar-refractivity contribution in [1.29, 1.82) is 0 Å². The van der Waals surface area contributed by atoms with Gasteiger partial charge in [-0.2, -0.15) is 0 Å². The van der Waals surface area contributed by atoms with Crippen LogP contribution in [-0.4, -0.2) is 5.78 Å². The van der Waals surface area contributed by atoms with Gasteiger partial charge in [-0.25, -0.2) is 0 Å². The Balaban J connectivity index is -0.000000231. The van der Waals surface area contributed by atoms with E-state index in [4.69, 9.17) is 0 Å². The molecule has 1 aromatic heterocycles.